The fraction of sp³-hybridized carbons (Fsp3) is 0.733. The van der Waals surface area contributed by atoms with Crippen molar-refractivity contribution in [3.63, 3.8) is 0 Å². The number of nitrogens with one attached hydrogen (secondary N) is 2. The third-order valence-electron chi connectivity index (χ3n) is 3.23. The van der Waals surface area contributed by atoms with Gasteiger partial charge in [0.25, 0.3) is 0 Å². The van der Waals surface area contributed by atoms with Crippen LogP contribution in [0.1, 0.15) is 58.1 Å². The summed E-state index contributed by atoms with van der Waals surface area (Å²) in [5.74, 6) is 0. The summed E-state index contributed by atoms with van der Waals surface area (Å²) in [4.78, 5) is 18.5. The molecule has 0 radical (unpaired) electrons. The van der Waals surface area contributed by atoms with Gasteiger partial charge in [-0.05, 0) is 26.2 Å². The van der Waals surface area contributed by atoms with Gasteiger partial charge in [-0.1, -0.05) is 32.6 Å². The Bertz CT molecular complexity index is 352. The highest BCUT2D eigenvalue weighted by Gasteiger charge is 2.07. The number of unbranched alkanes of at least 4 members (excludes halogenated alkanes) is 3. The van der Waals surface area contributed by atoms with E-state index in [2.05, 4.69) is 22.2 Å². The minimum absolute atomic E-state index is 0.187. The molecule has 1 aromatic heterocycles. The van der Waals surface area contributed by atoms with E-state index in [0.717, 1.165) is 31.4 Å². The molecular formula is C15H27N3O2. The zero-order valence-corrected chi connectivity index (χ0v) is 12.7. The second-order valence-electron chi connectivity index (χ2n) is 5.21. The summed E-state index contributed by atoms with van der Waals surface area (Å²) >= 11 is 0. The van der Waals surface area contributed by atoms with Crippen LogP contribution in [-0.2, 0) is 11.2 Å². The molecule has 0 bridgehead atoms. The van der Waals surface area contributed by atoms with E-state index in [0.29, 0.717) is 6.61 Å². The topological polar surface area (TPSA) is 67.0 Å². The molecule has 1 aromatic rings. The maximum Gasteiger partial charge on any atom is 0.407 e. The van der Waals surface area contributed by atoms with Crippen LogP contribution in [0.5, 0.6) is 0 Å². The Balaban J connectivity index is 1.98. The number of aromatic amines is 1. The number of imidazole rings is 1. The molecule has 1 amide bonds. The van der Waals surface area contributed by atoms with Crippen LogP contribution in [0.2, 0.25) is 0 Å². The number of amides is 1. The third-order valence-corrected chi connectivity index (χ3v) is 3.23. The number of H-pyrrole nitrogens is 1. The average Bonchev–Trinajstić information content (AvgIpc) is 2.93. The molecule has 0 spiro atoms. The average molecular weight is 281 g/mol. The van der Waals surface area contributed by atoms with Gasteiger partial charge in [0, 0.05) is 17.9 Å². The number of alkyl carbamates (subject to hydrolysis) is 1. The molecule has 1 rings (SSSR count). The van der Waals surface area contributed by atoms with Gasteiger partial charge in [0.2, 0.25) is 0 Å². The number of nitrogens with zero attached hydrogens (tertiary/aromatic N) is 1. The molecule has 0 aliphatic carbocycles. The van der Waals surface area contributed by atoms with Crippen LogP contribution < -0.4 is 5.32 Å². The molecular weight excluding hydrogens is 254 g/mol. The van der Waals surface area contributed by atoms with E-state index in [9.17, 15) is 4.79 Å². The van der Waals surface area contributed by atoms with Crippen molar-refractivity contribution < 1.29 is 9.53 Å². The molecule has 2 N–H and O–H groups in total. The summed E-state index contributed by atoms with van der Waals surface area (Å²) in [6.07, 6.45) is 10.7. The van der Waals surface area contributed by atoms with Gasteiger partial charge in [0.1, 0.15) is 0 Å². The summed E-state index contributed by atoms with van der Waals surface area (Å²) in [7, 11) is 0. The highest BCUT2D eigenvalue weighted by atomic mass is 16.5. The van der Waals surface area contributed by atoms with Crippen molar-refractivity contribution >= 4 is 6.09 Å². The van der Waals surface area contributed by atoms with E-state index in [1.165, 1.54) is 19.3 Å². The monoisotopic (exact) mass is 281 g/mol. The molecule has 0 saturated carbocycles. The van der Waals surface area contributed by atoms with E-state index in [1.807, 2.05) is 6.92 Å². The number of aryl methyl sites for hydroxylation is 1. The van der Waals surface area contributed by atoms with E-state index >= 15 is 0 Å². The molecule has 0 fully saturated rings. The normalized spacial score (nSPS) is 12.1. The van der Waals surface area contributed by atoms with Gasteiger partial charge < -0.3 is 15.0 Å². The molecule has 0 aliphatic heterocycles. The second kappa shape index (κ2) is 10.3. The van der Waals surface area contributed by atoms with Gasteiger partial charge >= 0.3 is 6.09 Å². The van der Waals surface area contributed by atoms with Crippen molar-refractivity contribution in [1.29, 1.82) is 0 Å². The van der Waals surface area contributed by atoms with Gasteiger partial charge in [-0.25, -0.2) is 9.78 Å². The van der Waals surface area contributed by atoms with Crippen molar-refractivity contribution in [2.45, 2.75) is 64.8 Å². The lowest BCUT2D eigenvalue weighted by Gasteiger charge is -2.13. The van der Waals surface area contributed by atoms with Crippen molar-refractivity contribution in [2.24, 2.45) is 0 Å². The molecule has 5 heteroatoms. The van der Waals surface area contributed by atoms with E-state index in [4.69, 9.17) is 4.74 Å². The molecule has 114 valence electrons. The van der Waals surface area contributed by atoms with Crippen molar-refractivity contribution in [3.05, 3.63) is 18.2 Å². The Morgan fingerprint density at radius 2 is 2.25 bits per heavy atom. The number of hydrogen-bond acceptors (Lipinski definition) is 3. The number of aromatic nitrogens is 2. The maximum absolute atomic E-state index is 11.6. The Morgan fingerprint density at radius 1 is 1.40 bits per heavy atom. The van der Waals surface area contributed by atoms with Gasteiger partial charge in [0.15, 0.2) is 0 Å². The summed E-state index contributed by atoms with van der Waals surface area (Å²) in [6.45, 7) is 4.66. The van der Waals surface area contributed by atoms with Crippen LogP contribution in [0.4, 0.5) is 4.79 Å². The first-order chi connectivity index (χ1) is 9.72. The second-order valence-corrected chi connectivity index (χ2v) is 5.21. The van der Waals surface area contributed by atoms with Crippen molar-refractivity contribution in [2.75, 3.05) is 6.61 Å². The van der Waals surface area contributed by atoms with Crippen LogP contribution in [0.3, 0.4) is 0 Å². The summed E-state index contributed by atoms with van der Waals surface area (Å²) in [5, 5.41) is 2.87. The highest BCUT2D eigenvalue weighted by Crippen LogP contribution is 2.05. The zero-order chi connectivity index (χ0) is 14.6. The SMILES string of the molecule is CCCCCC[C@H](C)NC(=O)OCCCc1cnc[nH]1. The number of carbonyl (C=O) groups excluding carboxylic acids is 1. The van der Waals surface area contributed by atoms with Crippen LogP contribution in [0.25, 0.3) is 0 Å². The van der Waals surface area contributed by atoms with Gasteiger partial charge in [-0.3, -0.25) is 0 Å². The number of carbonyl (C=O) groups is 1. The van der Waals surface area contributed by atoms with Crippen molar-refractivity contribution in [3.8, 4) is 0 Å². The highest BCUT2D eigenvalue weighted by molar-refractivity contribution is 5.67. The predicted molar refractivity (Wildman–Crippen MR) is 79.6 cm³/mol. The maximum atomic E-state index is 11.6. The molecule has 0 aromatic carbocycles. The summed E-state index contributed by atoms with van der Waals surface area (Å²) in [6, 6.07) is 0.187. The summed E-state index contributed by atoms with van der Waals surface area (Å²) < 4.78 is 5.15. The lowest BCUT2D eigenvalue weighted by atomic mass is 10.1. The molecule has 0 unspecified atom stereocenters. The van der Waals surface area contributed by atoms with Crippen LogP contribution in [-0.4, -0.2) is 28.7 Å². The Morgan fingerprint density at radius 3 is 2.95 bits per heavy atom. The lowest BCUT2D eigenvalue weighted by Crippen LogP contribution is -2.33. The van der Waals surface area contributed by atoms with E-state index in [-0.39, 0.29) is 12.1 Å². The largest absolute Gasteiger partial charge is 0.450 e. The minimum Gasteiger partial charge on any atom is -0.450 e. The van der Waals surface area contributed by atoms with Crippen molar-refractivity contribution in [1.82, 2.24) is 15.3 Å². The molecule has 5 nitrogen and oxygen atoms in total. The molecule has 0 aliphatic rings. The van der Waals surface area contributed by atoms with Crippen LogP contribution >= 0.6 is 0 Å². The minimum atomic E-state index is -0.308. The van der Waals surface area contributed by atoms with Gasteiger partial charge in [-0.15, -0.1) is 0 Å². The third kappa shape index (κ3) is 7.81. The number of rotatable bonds is 10. The lowest BCUT2D eigenvalue weighted by molar-refractivity contribution is 0.141. The predicted octanol–water partition coefficient (Wildman–Crippen LogP) is 3.43. The Labute approximate surface area is 121 Å². The van der Waals surface area contributed by atoms with Crippen LogP contribution in [0.15, 0.2) is 12.5 Å². The quantitative estimate of drug-likeness (QED) is 0.646. The molecule has 1 heterocycles. The first kappa shape index (κ1) is 16.5. The zero-order valence-electron chi connectivity index (χ0n) is 12.7. The first-order valence-electron chi connectivity index (χ1n) is 7.63. The Kier molecular flexibility index (Phi) is 8.51. The van der Waals surface area contributed by atoms with Gasteiger partial charge in [0.05, 0.1) is 12.9 Å². The molecule has 20 heavy (non-hydrogen) atoms. The van der Waals surface area contributed by atoms with Crippen LogP contribution in [0, 0.1) is 0 Å². The fourth-order valence-electron chi connectivity index (χ4n) is 2.04. The Hall–Kier alpha value is -1.52. The van der Waals surface area contributed by atoms with E-state index < -0.39 is 0 Å². The smallest absolute Gasteiger partial charge is 0.407 e. The standard InChI is InChI=1S/C15H27N3O2/c1-3-4-5-6-8-13(2)18-15(19)20-10-7-9-14-11-16-12-17-14/h11-13H,3-10H2,1-2H3,(H,16,17)(H,18,19)/t13-/m0/s1. The molecule has 0 saturated heterocycles. The van der Waals surface area contributed by atoms with Gasteiger partial charge in [-0.2, -0.15) is 0 Å². The number of ether oxygens (including phenoxy) is 1. The molecule has 1 atom stereocenters. The first-order valence-corrected chi connectivity index (χ1v) is 7.63. The fourth-order valence-corrected chi connectivity index (χ4v) is 2.04. The van der Waals surface area contributed by atoms with E-state index in [1.54, 1.807) is 12.5 Å². The number of hydrogen-bond donors (Lipinski definition) is 2. The summed E-state index contributed by atoms with van der Waals surface area (Å²) in [5.41, 5.74) is 1.07.